The highest BCUT2D eigenvalue weighted by Crippen LogP contribution is 2.43. The summed E-state index contributed by atoms with van der Waals surface area (Å²) in [7, 11) is 0. The minimum atomic E-state index is -0.517. The molecule has 0 spiro atoms. The number of benzene rings is 2. The van der Waals surface area contributed by atoms with Crippen LogP contribution in [-0.4, -0.2) is 10.7 Å². The lowest BCUT2D eigenvalue weighted by Gasteiger charge is -2.34. The largest absolute Gasteiger partial charge is 0.507 e. The third-order valence-electron chi connectivity index (χ3n) is 5.46. The summed E-state index contributed by atoms with van der Waals surface area (Å²) in [6.07, 6.45) is 1.68. The van der Waals surface area contributed by atoms with Crippen LogP contribution >= 0.6 is 11.3 Å². The van der Waals surface area contributed by atoms with Gasteiger partial charge in [0, 0.05) is 33.0 Å². The van der Waals surface area contributed by atoms with Crippen LogP contribution in [0, 0.1) is 32.6 Å². The normalized spacial score (nSPS) is 18.8. The molecule has 2 aromatic carbocycles. The fraction of sp³-hybridized carbons (Fsp3) is 0.304. The van der Waals surface area contributed by atoms with Crippen molar-refractivity contribution in [2.75, 3.05) is 0 Å². The number of phenols is 1. The molecule has 1 aliphatic heterocycles. The molecule has 0 fully saturated rings. The summed E-state index contributed by atoms with van der Waals surface area (Å²) in [5, 5.41) is 13.6. The number of rotatable bonds is 0. The molecule has 2 nitrogen and oxygen atoms in total. The number of ether oxygens (including phenoxy) is 1. The molecule has 0 amide bonds. The van der Waals surface area contributed by atoms with E-state index in [-0.39, 0.29) is 0 Å². The van der Waals surface area contributed by atoms with Gasteiger partial charge in [0.2, 0.25) is 0 Å². The van der Waals surface area contributed by atoms with E-state index in [1.54, 1.807) is 11.3 Å². The minimum Gasteiger partial charge on any atom is -0.507 e. The molecule has 0 saturated heterocycles. The first-order valence-corrected chi connectivity index (χ1v) is 9.77. The molecule has 1 unspecified atom stereocenters. The lowest BCUT2D eigenvalue weighted by molar-refractivity contribution is 0.122. The van der Waals surface area contributed by atoms with Gasteiger partial charge in [-0.25, -0.2) is 0 Å². The number of phenolic OH excluding ortho intramolecular Hbond substituents is 1. The number of aromatic hydroxyl groups is 1. The maximum Gasteiger partial charge on any atom is 0.167 e. The second kappa shape index (κ2) is 6.07. The molecule has 3 aromatic rings. The molecular weight excluding hydrogens is 340 g/mol. The highest BCUT2D eigenvalue weighted by Gasteiger charge is 2.33. The molecule has 1 atom stereocenters. The van der Waals surface area contributed by atoms with Gasteiger partial charge in [-0.1, -0.05) is 30.0 Å². The quantitative estimate of drug-likeness (QED) is 0.522. The molecule has 2 heterocycles. The predicted molar refractivity (Wildman–Crippen MR) is 108 cm³/mol. The average molecular weight is 362 g/mol. The van der Waals surface area contributed by atoms with E-state index < -0.39 is 5.60 Å². The lowest BCUT2D eigenvalue weighted by atomic mass is 9.87. The molecule has 3 heteroatoms. The molecule has 0 aliphatic carbocycles. The topological polar surface area (TPSA) is 29.5 Å². The predicted octanol–water partition coefficient (Wildman–Crippen LogP) is 5.67. The first-order valence-electron chi connectivity index (χ1n) is 8.89. The number of fused-ring (bicyclic) bond motifs is 2. The zero-order valence-electron chi connectivity index (χ0n) is 15.6. The summed E-state index contributed by atoms with van der Waals surface area (Å²) >= 11 is 1.72. The second-order valence-electron chi connectivity index (χ2n) is 7.26. The monoisotopic (exact) mass is 362 g/mol. The standard InChI is InChI=1S/C23H22O2S/c1-14-15(2)22-18(16(3)21(14)24)10-12-23(4,25-22)11-9-17-13-26-20-8-6-5-7-19(17)20/h5-8,13,24H,10,12H2,1-4H3. The lowest BCUT2D eigenvalue weighted by Crippen LogP contribution is -2.35. The summed E-state index contributed by atoms with van der Waals surface area (Å²) in [5.74, 6) is 8.03. The van der Waals surface area contributed by atoms with Gasteiger partial charge in [0.1, 0.15) is 11.5 Å². The van der Waals surface area contributed by atoms with Gasteiger partial charge < -0.3 is 9.84 Å². The molecule has 1 N–H and O–H groups in total. The Bertz CT molecular complexity index is 1080. The molecule has 0 radical (unpaired) electrons. The summed E-state index contributed by atoms with van der Waals surface area (Å²) in [4.78, 5) is 0. The summed E-state index contributed by atoms with van der Waals surface area (Å²) in [6, 6.07) is 8.36. The Kier molecular flexibility index (Phi) is 3.97. The molecule has 4 rings (SSSR count). The van der Waals surface area contributed by atoms with Gasteiger partial charge in [-0.3, -0.25) is 0 Å². The summed E-state index contributed by atoms with van der Waals surface area (Å²) < 4.78 is 7.65. The third kappa shape index (κ3) is 2.66. The fourth-order valence-corrected chi connectivity index (χ4v) is 4.50. The van der Waals surface area contributed by atoms with Crippen LogP contribution in [0.5, 0.6) is 11.5 Å². The Morgan fingerprint density at radius 3 is 2.69 bits per heavy atom. The van der Waals surface area contributed by atoms with Crippen LogP contribution in [-0.2, 0) is 6.42 Å². The Morgan fingerprint density at radius 1 is 1.12 bits per heavy atom. The molecule has 1 aliphatic rings. The van der Waals surface area contributed by atoms with Crippen LogP contribution in [0.1, 0.15) is 41.2 Å². The number of hydrogen-bond donors (Lipinski definition) is 1. The Hall–Kier alpha value is -2.44. The number of thiophene rings is 1. The van der Waals surface area contributed by atoms with E-state index in [0.717, 1.165) is 46.4 Å². The fourth-order valence-electron chi connectivity index (χ4n) is 3.61. The summed E-state index contributed by atoms with van der Waals surface area (Å²) in [6.45, 7) is 7.99. The highest BCUT2D eigenvalue weighted by molar-refractivity contribution is 7.17. The van der Waals surface area contributed by atoms with Crippen LogP contribution in [0.2, 0.25) is 0 Å². The van der Waals surface area contributed by atoms with Crippen molar-refractivity contribution in [1.29, 1.82) is 0 Å². The molecular formula is C23H22O2S. The SMILES string of the molecule is Cc1c(C)c2c(c(C)c1O)CCC(C)(C#Cc1csc3ccccc13)O2. The van der Waals surface area contributed by atoms with Crippen molar-refractivity contribution >= 4 is 21.4 Å². The van der Waals surface area contributed by atoms with Gasteiger partial charge in [-0.15, -0.1) is 11.3 Å². The van der Waals surface area contributed by atoms with E-state index in [1.807, 2.05) is 20.8 Å². The van der Waals surface area contributed by atoms with Gasteiger partial charge in [-0.2, -0.15) is 0 Å². The van der Waals surface area contributed by atoms with Crippen LogP contribution < -0.4 is 4.74 Å². The average Bonchev–Trinajstić information content (AvgIpc) is 3.06. The molecule has 132 valence electrons. The Balaban J connectivity index is 1.73. The van der Waals surface area contributed by atoms with Crippen molar-refractivity contribution in [3.8, 4) is 23.3 Å². The van der Waals surface area contributed by atoms with E-state index in [9.17, 15) is 5.11 Å². The molecule has 1 aromatic heterocycles. The molecule has 0 saturated carbocycles. The van der Waals surface area contributed by atoms with Gasteiger partial charge in [-0.05, 0) is 56.9 Å². The first kappa shape index (κ1) is 17.0. The van der Waals surface area contributed by atoms with Crippen molar-refractivity contribution in [2.24, 2.45) is 0 Å². The molecule has 26 heavy (non-hydrogen) atoms. The maximum atomic E-state index is 10.3. The van der Waals surface area contributed by atoms with Gasteiger partial charge in [0.15, 0.2) is 5.60 Å². The Labute approximate surface area is 158 Å². The van der Waals surface area contributed by atoms with Gasteiger partial charge in [0.05, 0.1) is 0 Å². The summed E-state index contributed by atoms with van der Waals surface area (Å²) in [5.41, 5.74) is 4.50. The van der Waals surface area contributed by atoms with Crippen LogP contribution in [0.3, 0.4) is 0 Å². The van der Waals surface area contributed by atoms with Crippen LogP contribution in [0.15, 0.2) is 29.6 Å². The minimum absolute atomic E-state index is 0.393. The van der Waals surface area contributed by atoms with E-state index in [2.05, 4.69) is 48.4 Å². The van der Waals surface area contributed by atoms with E-state index in [4.69, 9.17) is 4.74 Å². The van der Waals surface area contributed by atoms with Crippen molar-refractivity contribution in [3.05, 3.63) is 57.5 Å². The van der Waals surface area contributed by atoms with Crippen molar-refractivity contribution < 1.29 is 9.84 Å². The van der Waals surface area contributed by atoms with Gasteiger partial charge in [0.25, 0.3) is 0 Å². The molecule has 0 bridgehead atoms. The number of hydrogen-bond acceptors (Lipinski definition) is 3. The van der Waals surface area contributed by atoms with Crippen molar-refractivity contribution in [2.45, 2.75) is 46.1 Å². The Morgan fingerprint density at radius 2 is 1.88 bits per heavy atom. The van der Waals surface area contributed by atoms with Crippen molar-refractivity contribution in [1.82, 2.24) is 0 Å². The second-order valence-corrected chi connectivity index (χ2v) is 8.17. The maximum absolute atomic E-state index is 10.3. The zero-order chi connectivity index (χ0) is 18.5. The van der Waals surface area contributed by atoms with Gasteiger partial charge >= 0.3 is 0 Å². The smallest absolute Gasteiger partial charge is 0.167 e. The highest BCUT2D eigenvalue weighted by atomic mass is 32.1. The first-order chi connectivity index (χ1) is 12.4. The zero-order valence-corrected chi connectivity index (χ0v) is 16.4. The van der Waals surface area contributed by atoms with E-state index >= 15 is 0 Å². The van der Waals surface area contributed by atoms with Crippen LogP contribution in [0.4, 0.5) is 0 Å². The van der Waals surface area contributed by atoms with E-state index in [1.165, 1.54) is 10.1 Å². The van der Waals surface area contributed by atoms with E-state index in [0.29, 0.717) is 5.75 Å². The van der Waals surface area contributed by atoms with Crippen molar-refractivity contribution in [3.63, 3.8) is 0 Å². The van der Waals surface area contributed by atoms with Crippen LogP contribution in [0.25, 0.3) is 10.1 Å². The third-order valence-corrected chi connectivity index (χ3v) is 6.43.